The molecule has 1 fully saturated rings. The first-order chi connectivity index (χ1) is 13.4. The average molecular weight is 417 g/mol. The molecule has 3 rings (SSSR count). The van der Waals surface area contributed by atoms with Crippen molar-refractivity contribution in [3.8, 4) is 5.75 Å². The predicted molar refractivity (Wildman–Crippen MR) is 96.0 cm³/mol. The number of benzene rings is 1. The SMILES string of the molecule is ONC(=Nc1ccc(OC(F)(F)F)cc1)N1CCN(c2nccnc2Cl)CC1. The van der Waals surface area contributed by atoms with Gasteiger partial charge >= 0.3 is 6.36 Å². The molecule has 2 N–H and O–H groups in total. The van der Waals surface area contributed by atoms with Gasteiger partial charge in [0.25, 0.3) is 0 Å². The highest BCUT2D eigenvalue weighted by atomic mass is 35.5. The summed E-state index contributed by atoms with van der Waals surface area (Å²) in [6, 6.07) is 5.01. The van der Waals surface area contributed by atoms with Crippen molar-refractivity contribution in [1.82, 2.24) is 20.3 Å². The number of aromatic nitrogens is 2. The van der Waals surface area contributed by atoms with Gasteiger partial charge in [-0.3, -0.25) is 5.21 Å². The summed E-state index contributed by atoms with van der Waals surface area (Å²) in [5.74, 6) is 0.410. The van der Waals surface area contributed by atoms with Crippen LogP contribution in [-0.4, -0.2) is 58.6 Å². The molecule has 1 aromatic carbocycles. The van der Waals surface area contributed by atoms with Crippen molar-refractivity contribution in [1.29, 1.82) is 0 Å². The highest BCUT2D eigenvalue weighted by Crippen LogP contribution is 2.25. The minimum atomic E-state index is -4.76. The van der Waals surface area contributed by atoms with Gasteiger partial charge in [0.2, 0.25) is 5.96 Å². The minimum Gasteiger partial charge on any atom is -0.406 e. The second kappa shape index (κ2) is 8.48. The number of nitrogens with zero attached hydrogens (tertiary/aromatic N) is 5. The van der Waals surface area contributed by atoms with Crippen LogP contribution in [0.25, 0.3) is 0 Å². The Kier molecular flexibility index (Phi) is 6.05. The summed E-state index contributed by atoms with van der Waals surface area (Å²) < 4.78 is 40.4. The van der Waals surface area contributed by atoms with Crippen LogP contribution in [0.4, 0.5) is 24.7 Å². The first-order valence-corrected chi connectivity index (χ1v) is 8.54. The van der Waals surface area contributed by atoms with E-state index in [-0.39, 0.29) is 11.7 Å². The number of nitrogens with one attached hydrogen (secondary N) is 1. The van der Waals surface area contributed by atoms with Crippen LogP contribution in [0.15, 0.2) is 41.7 Å². The lowest BCUT2D eigenvalue weighted by Crippen LogP contribution is -2.52. The van der Waals surface area contributed by atoms with E-state index in [0.29, 0.717) is 42.8 Å². The molecular formula is C16H16ClF3N6O2. The molecule has 0 unspecified atom stereocenters. The molecule has 150 valence electrons. The van der Waals surface area contributed by atoms with Crippen molar-refractivity contribution in [2.24, 2.45) is 4.99 Å². The van der Waals surface area contributed by atoms with Crippen LogP contribution in [-0.2, 0) is 0 Å². The standard InChI is InChI=1S/C16H16ClF3N6O2/c17-13-14(22-6-5-21-13)25-7-9-26(10-8-25)15(24-27)23-11-1-3-12(4-2-11)28-16(18,19)20/h1-6,27H,7-10H2,(H,23,24). The summed E-state index contributed by atoms with van der Waals surface area (Å²) in [5.41, 5.74) is 2.38. The van der Waals surface area contributed by atoms with Gasteiger partial charge in [-0.05, 0) is 24.3 Å². The monoisotopic (exact) mass is 416 g/mol. The topological polar surface area (TPSA) is 86.1 Å². The molecule has 0 aliphatic carbocycles. The van der Waals surface area contributed by atoms with Gasteiger partial charge in [-0.25, -0.2) is 20.4 Å². The van der Waals surface area contributed by atoms with Crippen LogP contribution in [0.1, 0.15) is 0 Å². The molecule has 1 aliphatic heterocycles. The van der Waals surface area contributed by atoms with Gasteiger partial charge in [-0.1, -0.05) is 11.6 Å². The maximum absolute atomic E-state index is 12.2. The number of hydrogen-bond acceptors (Lipinski definition) is 6. The molecule has 1 saturated heterocycles. The Morgan fingerprint density at radius 2 is 1.75 bits per heavy atom. The van der Waals surface area contributed by atoms with Crippen LogP contribution in [0.2, 0.25) is 5.15 Å². The van der Waals surface area contributed by atoms with E-state index >= 15 is 0 Å². The summed E-state index contributed by atoms with van der Waals surface area (Å²) in [5, 5.41) is 9.73. The maximum atomic E-state index is 12.2. The summed E-state index contributed by atoms with van der Waals surface area (Å²) in [4.78, 5) is 16.2. The lowest BCUT2D eigenvalue weighted by Gasteiger charge is -2.36. The number of halogens is 4. The third-order valence-electron chi connectivity index (χ3n) is 3.92. The van der Waals surface area contributed by atoms with Crippen molar-refractivity contribution in [3.63, 3.8) is 0 Å². The van der Waals surface area contributed by atoms with Crippen molar-refractivity contribution in [3.05, 3.63) is 41.8 Å². The van der Waals surface area contributed by atoms with Crippen molar-refractivity contribution >= 4 is 29.1 Å². The Balaban J connectivity index is 1.65. The summed E-state index contributed by atoms with van der Waals surface area (Å²) in [6.07, 6.45) is -1.69. The number of alkyl halides is 3. The van der Waals surface area contributed by atoms with E-state index in [1.54, 1.807) is 11.1 Å². The van der Waals surface area contributed by atoms with E-state index in [9.17, 15) is 18.4 Å². The Morgan fingerprint density at radius 1 is 1.11 bits per heavy atom. The molecule has 0 amide bonds. The Bertz CT molecular complexity index is 826. The van der Waals surface area contributed by atoms with Crippen molar-refractivity contribution in [2.45, 2.75) is 6.36 Å². The zero-order valence-corrected chi connectivity index (χ0v) is 15.2. The normalized spacial score (nSPS) is 15.5. The molecule has 0 radical (unpaired) electrons. The van der Waals surface area contributed by atoms with Crippen LogP contribution < -0.4 is 15.1 Å². The fraction of sp³-hybridized carbons (Fsp3) is 0.312. The fourth-order valence-corrected chi connectivity index (χ4v) is 2.89. The number of rotatable bonds is 3. The molecule has 0 spiro atoms. The zero-order chi connectivity index (χ0) is 20.1. The number of piperazine rings is 1. The van der Waals surface area contributed by atoms with E-state index in [1.807, 2.05) is 10.4 Å². The Morgan fingerprint density at radius 3 is 2.32 bits per heavy atom. The molecule has 1 aliphatic rings. The van der Waals surface area contributed by atoms with Gasteiger partial charge in [0.05, 0.1) is 5.69 Å². The van der Waals surface area contributed by atoms with E-state index in [4.69, 9.17) is 11.6 Å². The quantitative estimate of drug-likeness (QED) is 0.452. The van der Waals surface area contributed by atoms with Gasteiger partial charge < -0.3 is 14.5 Å². The highest BCUT2D eigenvalue weighted by molar-refractivity contribution is 6.31. The van der Waals surface area contributed by atoms with Crippen LogP contribution in [0, 0.1) is 0 Å². The molecule has 2 heterocycles. The van der Waals surface area contributed by atoms with Crippen LogP contribution >= 0.6 is 11.6 Å². The lowest BCUT2D eigenvalue weighted by molar-refractivity contribution is -0.274. The number of guanidine groups is 1. The number of anilines is 1. The largest absolute Gasteiger partial charge is 0.573 e. The molecule has 28 heavy (non-hydrogen) atoms. The maximum Gasteiger partial charge on any atom is 0.573 e. The van der Waals surface area contributed by atoms with E-state index in [0.717, 1.165) is 12.1 Å². The molecule has 0 saturated carbocycles. The van der Waals surface area contributed by atoms with E-state index in [1.165, 1.54) is 18.3 Å². The van der Waals surface area contributed by atoms with E-state index < -0.39 is 6.36 Å². The third-order valence-corrected chi connectivity index (χ3v) is 4.19. The van der Waals surface area contributed by atoms with Gasteiger partial charge in [0, 0.05) is 38.6 Å². The molecule has 1 aromatic heterocycles. The van der Waals surface area contributed by atoms with Gasteiger partial charge in [0.1, 0.15) is 5.75 Å². The number of aliphatic imine (C=N–C) groups is 1. The Labute approximate surface area is 163 Å². The Hall–Kier alpha value is -2.79. The molecule has 0 bridgehead atoms. The van der Waals surface area contributed by atoms with E-state index in [2.05, 4.69) is 19.7 Å². The summed E-state index contributed by atoms with van der Waals surface area (Å²) >= 11 is 6.06. The second-order valence-electron chi connectivity index (χ2n) is 5.73. The van der Waals surface area contributed by atoms with Crippen LogP contribution in [0.3, 0.4) is 0 Å². The highest BCUT2D eigenvalue weighted by Gasteiger charge is 2.31. The first-order valence-electron chi connectivity index (χ1n) is 8.17. The number of ether oxygens (including phenoxy) is 1. The van der Waals surface area contributed by atoms with Gasteiger partial charge in [0.15, 0.2) is 11.0 Å². The van der Waals surface area contributed by atoms with Gasteiger partial charge in [-0.15, -0.1) is 13.2 Å². The first kappa shape index (κ1) is 20.0. The summed E-state index contributed by atoms with van der Waals surface area (Å²) in [7, 11) is 0. The van der Waals surface area contributed by atoms with Crippen LogP contribution in [0.5, 0.6) is 5.75 Å². The molecule has 2 aromatic rings. The number of hydroxylamine groups is 1. The minimum absolute atomic E-state index is 0.175. The van der Waals surface area contributed by atoms with Crippen molar-refractivity contribution in [2.75, 3.05) is 31.1 Å². The molecule has 12 heteroatoms. The smallest absolute Gasteiger partial charge is 0.406 e. The second-order valence-corrected chi connectivity index (χ2v) is 6.09. The summed E-state index contributed by atoms with van der Waals surface area (Å²) in [6.45, 7) is 2.15. The molecule has 8 nitrogen and oxygen atoms in total. The average Bonchev–Trinajstić information content (AvgIpc) is 2.67. The zero-order valence-electron chi connectivity index (χ0n) is 14.4. The third kappa shape index (κ3) is 5.14. The lowest BCUT2D eigenvalue weighted by atomic mass is 10.3. The predicted octanol–water partition coefficient (Wildman–Crippen LogP) is 2.82. The molecular weight excluding hydrogens is 401 g/mol. The molecule has 0 atom stereocenters. The fourth-order valence-electron chi connectivity index (χ4n) is 2.67. The van der Waals surface area contributed by atoms with Gasteiger partial charge in [-0.2, -0.15) is 0 Å². The van der Waals surface area contributed by atoms with Crippen molar-refractivity contribution < 1.29 is 23.1 Å². The number of hydrogen-bond donors (Lipinski definition) is 2.